The molecule has 26 heavy (non-hydrogen) atoms. The standard InChI is InChI=1S/C18H16N6O2/c1-25-15-7-11-13(8-16(15)26-2)21-10-22-17(11)24-9-14(23-18(24)19)12-5-3-4-6-20-12/h3-10H,1-2H3,(H2,19,23). The number of imidazole rings is 1. The van der Waals surface area contributed by atoms with Crippen LogP contribution in [0, 0.1) is 0 Å². The fourth-order valence-electron chi connectivity index (χ4n) is 2.76. The van der Waals surface area contributed by atoms with Gasteiger partial charge < -0.3 is 15.2 Å². The minimum Gasteiger partial charge on any atom is -0.493 e. The van der Waals surface area contributed by atoms with Crippen molar-refractivity contribution in [3.05, 3.63) is 49.1 Å². The van der Waals surface area contributed by atoms with Gasteiger partial charge in [-0.25, -0.2) is 15.0 Å². The lowest BCUT2D eigenvalue weighted by Gasteiger charge is -2.11. The third-order valence-electron chi connectivity index (χ3n) is 4.01. The fraction of sp³-hybridized carbons (Fsp3) is 0.111. The highest BCUT2D eigenvalue weighted by molar-refractivity contribution is 5.89. The highest BCUT2D eigenvalue weighted by Gasteiger charge is 2.15. The molecule has 0 unspecified atom stereocenters. The van der Waals surface area contributed by atoms with Crippen LogP contribution < -0.4 is 15.2 Å². The Bertz CT molecular complexity index is 1080. The second kappa shape index (κ2) is 6.32. The molecule has 8 heteroatoms. The van der Waals surface area contributed by atoms with Crippen LogP contribution in [0.1, 0.15) is 0 Å². The third kappa shape index (κ3) is 2.57. The van der Waals surface area contributed by atoms with Crippen molar-refractivity contribution in [3.63, 3.8) is 0 Å². The molecule has 2 N–H and O–H groups in total. The molecule has 0 aliphatic carbocycles. The zero-order valence-electron chi connectivity index (χ0n) is 14.2. The van der Waals surface area contributed by atoms with Crippen LogP contribution in [-0.4, -0.2) is 38.7 Å². The van der Waals surface area contributed by atoms with E-state index in [0.717, 1.165) is 11.1 Å². The highest BCUT2D eigenvalue weighted by atomic mass is 16.5. The number of pyridine rings is 1. The van der Waals surface area contributed by atoms with E-state index in [1.807, 2.05) is 24.3 Å². The zero-order chi connectivity index (χ0) is 18.1. The zero-order valence-corrected chi connectivity index (χ0v) is 14.2. The first-order chi connectivity index (χ1) is 12.7. The minimum atomic E-state index is 0.306. The number of aromatic nitrogens is 5. The Morgan fingerprint density at radius 3 is 2.50 bits per heavy atom. The Morgan fingerprint density at radius 1 is 0.962 bits per heavy atom. The van der Waals surface area contributed by atoms with Gasteiger partial charge in [-0.2, -0.15) is 0 Å². The summed E-state index contributed by atoms with van der Waals surface area (Å²) in [6.07, 6.45) is 4.99. The molecule has 0 aliphatic heterocycles. The fourth-order valence-corrected chi connectivity index (χ4v) is 2.76. The summed E-state index contributed by atoms with van der Waals surface area (Å²) >= 11 is 0. The van der Waals surface area contributed by atoms with Crippen molar-refractivity contribution in [2.24, 2.45) is 0 Å². The van der Waals surface area contributed by atoms with Crippen LogP contribution in [0.4, 0.5) is 5.95 Å². The molecule has 0 radical (unpaired) electrons. The largest absolute Gasteiger partial charge is 0.493 e. The molecule has 4 rings (SSSR count). The second-order valence-electron chi connectivity index (χ2n) is 5.49. The molecule has 8 nitrogen and oxygen atoms in total. The van der Waals surface area contributed by atoms with Gasteiger partial charge in [0.25, 0.3) is 0 Å². The highest BCUT2D eigenvalue weighted by Crippen LogP contribution is 2.34. The first kappa shape index (κ1) is 15.8. The number of ether oxygens (including phenoxy) is 2. The molecule has 1 aromatic carbocycles. The van der Waals surface area contributed by atoms with Crippen LogP contribution in [-0.2, 0) is 0 Å². The summed E-state index contributed by atoms with van der Waals surface area (Å²) in [5.74, 6) is 2.08. The number of nitrogen functional groups attached to an aromatic ring is 1. The van der Waals surface area contributed by atoms with Crippen molar-refractivity contribution in [1.29, 1.82) is 0 Å². The van der Waals surface area contributed by atoms with Crippen LogP contribution in [0.15, 0.2) is 49.1 Å². The molecule has 130 valence electrons. The number of hydrogen-bond acceptors (Lipinski definition) is 7. The van der Waals surface area contributed by atoms with Gasteiger partial charge in [-0.15, -0.1) is 0 Å². The summed E-state index contributed by atoms with van der Waals surface area (Å²) in [4.78, 5) is 17.4. The summed E-state index contributed by atoms with van der Waals surface area (Å²) in [5, 5.41) is 0.766. The topological polar surface area (TPSA) is 101 Å². The monoisotopic (exact) mass is 348 g/mol. The van der Waals surface area contributed by atoms with Gasteiger partial charge in [0, 0.05) is 23.8 Å². The average molecular weight is 348 g/mol. The van der Waals surface area contributed by atoms with Crippen LogP contribution in [0.2, 0.25) is 0 Å². The van der Waals surface area contributed by atoms with Crippen LogP contribution in [0.5, 0.6) is 11.5 Å². The van der Waals surface area contributed by atoms with Crippen molar-refractivity contribution < 1.29 is 9.47 Å². The lowest BCUT2D eigenvalue weighted by atomic mass is 10.2. The second-order valence-corrected chi connectivity index (χ2v) is 5.49. The van der Waals surface area contributed by atoms with Gasteiger partial charge in [0.15, 0.2) is 17.3 Å². The van der Waals surface area contributed by atoms with Crippen LogP contribution >= 0.6 is 0 Å². The number of methoxy groups -OCH3 is 2. The van der Waals surface area contributed by atoms with E-state index >= 15 is 0 Å². The molecule has 3 aromatic heterocycles. The molecule has 0 saturated carbocycles. The molecule has 0 fully saturated rings. The minimum absolute atomic E-state index is 0.306. The van der Waals surface area contributed by atoms with Gasteiger partial charge in [-0.1, -0.05) is 6.07 Å². The molecule has 3 heterocycles. The van der Waals surface area contributed by atoms with Gasteiger partial charge in [0.05, 0.1) is 25.4 Å². The first-order valence-electron chi connectivity index (χ1n) is 7.84. The van der Waals surface area contributed by atoms with E-state index in [1.54, 1.807) is 37.2 Å². The van der Waals surface area contributed by atoms with E-state index in [-0.39, 0.29) is 0 Å². The lowest BCUT2D eigenvalue weighted by Crippen LogP contribution is -2.03. The van der Waals surface area contributed by atoms with E-state index in [9.17, 15) is 0 Å². The Hall–Kier alpha value is -3.68. The number of fused-ring (bicyclic) bond motifs is 1. The summed E-state index contributed by atoms with van der Waals surface area (Å²) in [7, 11) is 3.16. The third-order valence-corrected chi connectivity index (χ3v) is 4.01. The average Bonchev–Trinajstić information content (AvgIpc) is 3.08. The van der Waals surface area contributed by atoms with E-state index in [2.05, 4.69) is 19.9 Å². The molecular weight excluding hydrogens is 332 g/mol. The van der Waals surface area contributed by atoms with E-state index < -0.39 is 0 Å². The van der Waals surface area contributed by atoms with Gasteiger partial charge in [-0.3, -0.25) is 9.55 Å². The lowest BCUT2D eigenvalue weighted by molar-refractivity contribution is 0.355. The number of nitrogens with zero attached hydrogens (tertiary/aromatic N) is 5. The normalized spacial score (nSPS) is 10.8. The van der Waals surface area contributed by atoms with Crippen LogP contribution in [0.3, 0.4) is 0 Å². The molecule has 0 atom stereocenters. The van der Waals surface area contributed by atoms with E-state index in [1.165, 1.54) is 6.33 Å². The Labute approximate surface area is 149 Å². The maximum Gasteiger partial charge on any atom is 0.206 e. The quantitative estimate of drug-likeness (QED) is 0.604. The van der Waals surface area contributed by atoms with Crippen molar-refractivity contribution >= 4 is 16.9 Å². The van der Waals surface area contributed by atoms with Gasteiger partial charge in [0.1, 0.15) is 12.0 Å². The van der Waals surface area contributed by atoms with E-state index in [0.29, 0.717) is 34.5 Å². The Kier molecular flexibility index (Phi) is 3.85. The maximum absolute atomic E-state index is 6.14. The first-order valence-corrected chi connectivity index (χ1v) is 7.84. The predicted molar refractivity (Wildman–Crippen MR) is 97.4 cm³/mol. The summed E-state index contributed by atoms with van der Waals surface area (Å²) in [6.45, 7) is 0. The molecular formula is C18H16N6O2. The number of rotatable bonds is 4. The van der Waals surface area contributed by atoms with Gasteiger partial charge in [-0.05, 0) is 18.2 Å². The number of benzene rings is 1. The van der Waals surface area contributed by atoms with Crippen molar-refractivity contribution in [2.45, 2.75) is 0 Å². The van der Waals surface area contributed by atoms with E-state index in [4.69, 9.17) is 15.2 Å². The number of hydrogen-bond donors (Lipinski definition) is 1. The number of nitrogens with two attached hydrogens (primary N) is 1. The molecule has 0 bridgehead atoms. The molecule has 0 aliphatic rings. The molecule has 0 amide bonds. The Balaban J connectivity index is 1.91. The number of anilines is 1. The van der Waals surface area contributed by atoms with Gasteiger partial charge in [0.2, 0.25) is 5.95 Å². The summed E-state index contributed by atoms with van der Waals surface area (Å²) < 4.78 is 12.4. The van der Waals surface area contributed by atoms with Crippen molar-refractivity contribution in [2.75, 3.05) is 20.0 Å². The van der Waals surface area contributed by atoms with Crippen molar-refractivity contribution in [1.82, 2.24) is 24.5 Å². The molecule has 0 saturated heterocycles. The van der Waals surface area contributed by atoms with Gasteiger partial charge >= 0.3 is 0 Å². The molecule has 4 aromatic rings. The summed E-state index contributed by atoms with van der Waals surface area (Å²) in [6, 6.07) is 9.24. The summed E-state index contributed by atoms with van der Waals surface area (Å²) in [5.41, 5.74) is 8.24. The maximum atomic E-state index is 6.14. The predicted octanol–water partition coefficient (Wildman–Crippen LogP) is 2.48. The molecule has 0 spiro atoms. The smallest absolute Gasteiger partial charge is 0.206 e. The Morgan fingerprint density at radius 2 is 1.77 bits per heavy atom. The van der Waals surface area contributed by atoms with Crippen molar-refractivity contribution in [3.8, 4) is 28.7 Å². The SMILES string of the molecule is COc1cc2ncnc(-n3cc(-c4ccccn4)nc3N)c2cc1OC. The van der Waals surface area contributed by atoms with Crippen LogP contribution in [0.25, 0.3) is 28.1 Å².